The molecule has 8 heavy (non-hydrogen) atoms. The van der Waals surface area contributed by atoms with Crippen LogP contribution in [-0.4, -0.2) is 11.6 Å². The monoisotopic (exact) mass is 252 g/mol. The topological polar surface area (TPSA) is 34.1 Å². The van der Waals surface area contributed by atoms with Crippen LogP contribution in [0.2, 0.25) is 0 Å². The molecule has 0 aromatic rings. The molecule has 0 unspecified atom stereocenters. The minimum absolute atomic E-state index is 0. The second-order valence-corrected chi connectivity index (χ2v) is 1.58. The molecule has 0 bridgehead atoms. The van der Waals surface area contributed by atoms with Gasteiger partial charge in [-0.15, -0.1) is 0 Å². The third-order valence-electron chi connectivity index (χ3n) is 0.498. The molecule has 0 aromatic heterocycles. The summed E-state index contributed by atoms with van der Waals surface area (Å²) < 4.78 is 0. The number of hydrogen-bond donors (Lipinski definition) is 0. The van der Waals surface area contributed by atoms with Gasteiger partial charge in [0.2, 0.25) is 0 Å². The minimum atomic E-state index is -0.0625. The molecule has 46 valence electrons. The van der Waals surface area contributed by atoms with Crippen LogP contribution in [0.3, 0.4) is 0 Å². The molecule has 0 heterocycles. The second-order valence-electron chi connectivity index (χ2n) is 1.58. The maximum absolute atomic E-state index is 10.0. The SMILES string of the molecule is CC(=O)CC(C)=O.[Sm]. The summed E-state index contributed by atoms with van der Waals surface area (Å²) in [6.07, 6.45) is 0.0833. The van der Waals surface area contributed by atoms with Crippen molar-refractivity contribution < 1.29 is 50.0 Å². The molecule has 3 heteroatoms. The van der Waals surface area contributed by atoms with E-state index in [1.54, 1.807) is 0 Å². The fourth-order valence-corrected chi connectivity index (χ4v) is 0.351. The van der Waals surface area contributed by atoms with Crippen molar-refractivity contribution in [2.75, 3.05) is 0 Å². The summed E-state index contributed by atoms with van der Waals surface area (Å²) in [7, 11) is 0. The Balaban J connectivity index is 0. The molecule has 0 aromatic carbocycles. The van der Waals surface area contributed by atoms with Crippen LogP contribution in [0.15, 0.2) is 0 Å². The first-order valence-electron chi connectivity index (χ1n) is 2.12. The first-order chi connectivity index (χ1) is 3.13. The average molecular weight is 250 g/mol. The van der Waals surface area contributed by atoms with E-state index in [1.165, 1.54) is 13.8 Å². The molecule has 0 aliphatic carbocycles. The van der Waals surface area contributed by atoms with Crippen molar-refractivity contribution in [1.29, 1.82) is 0 Å². The minimum Gasteiger partial charge on any atom is -0.300 e. The van der Waals surface area contributed by atoms with E-state index in [4.69, 9.17) is 0 Å². The number of ketones is 2. The van der Waals surface area contributed by atoms with Gasteiger partial charge in [-0.25, -0.2) is 0 Å². The molecule has 0 fully saturated rings. The summed E-state index contributed by atoms with van der Waals surface area (Å²) in [6.45, 7) is 2.81. The first-order valence-corrected chi connectivity index (χ1v) is 2.12. The standard InChI is InChI=1S/C5H8O2.Sm/c1-4(6)3-5(2)7;/h3H2,1-2H3;. The van der Waals surface area contributed by atoms with Crippen LogP contribution in [0.25, 0.3) is 0 Å². The molecule has 0 amide bonds. The maximum atomic E-state index is 10.0. The summed E-state index contributed by atoms with van der Waals surface area (Å²) in [4.78, 5) is 20.1. The van der Waals surface area contributed by atoms with Gasteiger partial charge in [0.05, 0.1) is 6.42 Å². The zero-order valence-electron chi connectivity index (χ0n) is 4.93. The van der Waals surface area contributed by atoms with Crippen molar-refractivity contribution in [1.82, 2.24) is 0 Å². The molecule has 0 N–H and O–H groups in total. The van der Waals surface area contributed by atoms with Crippen LogP contribution in [0, 0.1) is 40.4 Å². The van der Waals surface area contributed by atoms with E-state index in [-0.39, 0.29) is 58.4 Å². The normalized spacial score (nSPS) is 7.25. The largest absolute Gasteiger partial charge is 0.300 e. The van der Waals surface area contributed by atoms with Crippen LogP contribution in [0.4, 0.5) is 0 Å². The maximum Gasteiger partial charge on any atom is 0.137 e. The van der Waals surface area contributed by atoms with Gasteiger partial charge in [-0.1, -0.05) is 0 Å². The molecule has 0 aliphatic heterocycles. The van der Waals surface area contributed by atoms with Crippen molar-refractivity contribution in [2.45, 2.75) is 20.3 Å². The average Bonchev–Trinajstić information content (AvgIpc) is 1.27. The van der Waals surface area contributed by atoms with Gasteiger partial charge in [0.15, 0.2) is 0 Å². The molecule has 0 spiro atoms. The van der Waals surface area contributed by atoms with Crippen molar-refractivity contribution in [3.05, 3.63) is 0 Å². The van der Waals surface area contributed by atoms with Gasteiger partial charge >= 0.3 is 0 Å². The van der Waals surface area contributed by atoms with E-state index in [1.807, 2.05) is 0 Å². The quantitative estimate of drug-likeness (QED) is 0.671. The van der Waals surface area contributed by atoms with Gasteiger partial charge in [-0.2, -0.15) is 0 Å². The summed E-state index contributed by atoms with van der Waals surface area (Å²) in [5.41, 5.74) is 0. The Morgan fingerprint density at radius 3 is 1.38 bits per heavy atom. The van der Waals surface area contributed by atoms with Gasteiger partial charge in [-0.3, -0.25) is 9.59 Å². The zero-order chi connectivity index (χ0) is 5.86. The van der Waals surface area contributed by atoms with Gasteiger partial charge in [0.25, 0.3) is 0 Å². The van der Waals surface area contributed by atoms with E-state index in [2.05, 4.69) is 0 Å². The molecule has 0 aliphatic rings. The predicted molar refractivity (Wildman–Crippen MR) is 26.0 cm³/mol. The summed E-state index contributed by atoms with van der Waals surface area (Å²) >= 11 is 0. The van der Waals surface area contributed by atoms with E-state index in [0.717, 1.165) is 0 Å². The molecule has 0 atom stereocenters. The first kappa shape index (κ1) is 11.5. The summed E-state index contributed by atoms with van der Waals surface area (Å²) in [5.74, 6) is -0.125. The Hall–Kier alpha value is 0.678. The Kier molecular flexibility index (Phi) is 8.33. The van der Waals surface area contributed by atoms with E-state index in [9.17, 15) is 9.59 Å². The number of carbonyl (C=O) groups excluding carboxylic acids is 2. The van der Waals surface area contributed by atoms with Crippen molar-refractivity contribution in [3.8, 4) is 0 Å². The zero-order valence-corrected chi connectivity index (χ0v) is 7.55. The third-order valence-corrected chi connectivity index (χ3v) is 0.498. The Bertz CT molecular complexity index is 86.6. The van der Waals surface area contributed by atoms with Gasteiger partial charge < -0.3 is 0 Å². The van der Waals surface area contributed by atoms with Crippen LogP contribution >= 0.6 is 0 Å². The molecule has 0 saturated heterocycles. The fourth-order valence-electron chi connectivity index (χ4n) is 0.351. The molecular formula is C5H8O2Sm. The van der Waals surface area contributed by atoms with Crippen LogP contribution in [-0.2, 0) is 9.59 Å². The summed E-state index contributed by atoms with van der Waals surface area (Å²) in [5, 5.41) is 0. The van der Waals surface area contributed by atoms with Crippen molar-refractivity contribution in [2.24, 2.45) is 0 Å². The van der Waals surface area contributed by atoms with Crippen molar-refractivity contribution in [3.63, 3.8) is 0 Å². The summed E-state index contributed by atoms with van der Waals surface area (Å²) in [6, 6.07) is 0. The molecule has 0 radical (unpaired) electrons. The Labute approximate surface area is 81.1 Å². The van der Waals surface area contributed by atoms with E-state index in [0.29, 0.717) is 0 Å². The van der Waals surface area contributed by atoms with Crippen LogP contribution in [0.5, 0.6) is 0 Å². The number of rotatable bonds is 2. The third kappa shape index (κ3) is 9.84. The van der Waals surface area contributed by atoms with Crippen molar-refractivity contribution >= 4 is 11.6 Å². The fraction of sp³-hybridized carbons (Fsp3) is 0.600. The number of hydrogen-bond acceptors (Lipinski definition) is 2. The van der Waals surface area contributed by atoms with Gasteiger partial charge in [-0.05, 0) is 13.8 Å². The van der Waals surface area contributed by atoms with Crippen LogP contribution < -0.4 is 0 Å². The smallest absolute Gasteiger partial charge is 0.137 e. The second kappa shape index (κ2) is 5.81. The van der Waals surface area contributed by atoms with Gasteiger partial charge in [0, 0.05) is 40.4 Å². The van der Waals surface area contributed by atoms with E-state index >= 15 is 0 Å². The predicted octanol–water partition coefficient (Wildman–Crippen LogP) is 0.554. The molecule has 0 rings (SSSR count). The number of Topliss-reactive ketones (excluding diaryl/α,β-unsaturated/α-hetero) is 2. The molecule has 0 saturated carbocycles. The number of carbonyl (C=O) groups is 2. The Morgan fingerprint density at radius 2 is 1.38 bits per heavy atom. The molecular weight excluding hydrogens is 242 g/mol. The van der Waals surface area contributed by atoms with Gasteiger partial charge in [0.1, 0.15) is 11.6 Å². The Morgan fingerprint density at radius 1 is 1.12 bits per heavy atom. The van der Waals surface area contributed by atoms with E-state index < -0.39 is 0 Å². The van der Waals surface area contributed by atoms with Crippen LogP contribution in [0.1, 0.15) is 20.3 Å². The molecule has 2 nitrogen and oxygen atoms in total.